The van der Waals surface area contributed by atoms with Gasteiger partial charge in [0.2, 0.25) is 0 Å². The van der Waals surface area contributed by atoms with Crippen molar-refractivity contribution in [2.45, 2.75) is 64.2 Å². The van der Waals surface area contributed by atoms with Gasteiger partial charge in [0.1, 0.15) is 14.0 Å². The van der Waals surface area contributed by atoms with E-state index in [0.29, 0.717) is 0 Å². The van der Waals surface area contributed by atoms with E-state index in [0.717, 1.165) is 25.7 Å². The highest BCUT2D eigenvalue weighted by molar-refractivity contribution is 6.11. The van der Waals surface area contributed by atoms with Crippen LogP contribution >= 0.6 is 0 Å². The van der Waals surface area contributed by atoms with E-state index >= 15 is 0 Å². The van der Waals surface area contributed by atoms with Gasteiger partial charge >= 0.3 is 0 Å². The SMILES string of the molecule is [B][C@@H]1O[C@@](CC)(CCCC)[C@H](C)C1F. The second-order valence-electron chi connectivity index (χ2n) is 4.34. The maximum Gasteiger partial charge on any atom is 0.123 e. The quantitative estimate of drug-likeness (QED) is 0.631. The lowest BCUT2D eigenvalue weighted by Gasteiger charge is -2.32. The molecule has 1 saturated heterocycles. The monoisotopic (exact) mass is 198 g/mol. The molecule has 4 atom stereocenters. The maximum absolute atomic E-state index is 13.6. The summed E-state index contributed by atoms with van der Waals surface area (Å²) in [5.74, 6) is -0.0750. The third kappa shape index (κ3) is 1.97. The number of ether oxygens (including phenoxy) is 1. The van der Waals surface area contributed by atoms with Crippen LogP contribution in [0.4, 0.5) is 4.39 Å². The van der Waals surface area contributed by atoms with Crippen LogP contribution in [0.15, 0.2) is 0 Å². The van der Waals surface area contributed by atoms with E-state index in [1.807, 2.05) is 6.92 Å². The lowest BCUT2D eigenvalue weighted by molar-refractivity contribution is -0.0421. The summed E-state index contributed by atoms with van der Waals surface area (Å²) in [5.41, 5.74) is -0.311. The summed E-state index contributed by atoms with van der Waals surface area (Å²) in [6.07, 6.45) is 2.96. The van der Waals surface area contributed by atoms with Crippen LogP contribution in [-0.2, 0) is 4.74 Å². The summed E-state index contributed by atoms with van der Waals surface area (Å²) < 4.78 is 19.2. The molecule has 1 aliphatic heterocycles. The molecule has 0 aliphatic carbocycles. The van der Waals surface area contributed by atoms with Gasteiger partial charge in [-0.3, -0.25) is 0 Å². The van der Waals surface area contributed by atoms with Crippen molar-refractivity contribution < 1.29 is 9.13 Å². The third-order valence-corrected chi connectivity index (χ3v) is 3.54. The molecule has 0 aromatic rings. The van der Waals surface area contributed by atoms with Crippen LogP contribution in [-0.4, -0.2) is 25.6 Å². The van der Waals surface area contributed by atoms with Crippen LogP contribution in [0.3, 0.4) is 0 Å². The van der Waals surface area contributed by atoms with Crippen molar-refractivity contribution >= 4 is 7.85 Å². The van der Waals surface area contributed by atoms with Crippen molar-refractivity contribution in [3.8, 4) is 0 Å². The van der Waals surface area contributed by atoms with Crippen molar-refractivity contribution in [2.75, 3.05) is 0 Å². The van der Waals surface area contributed by atoms with Crippen LogP contribution in [0, 0.1) is 5.92 Å². The fourth-order valence-electron chi connectivity index (χ4n) is 2.36. The Labute approximate surface area is 87.8 Å². The summed E-state index contributed by atoms with van der Waals surface area (Å²) in [4.78, 5) is 0. The molecule has 0 aromatic carbocycles. The van der Waals surface area contributed by atoms with Crippen molar-refractivity contribution in [1.29, 1.82) is 0 Å². The number of hydrogen-bond acceptors (Lipinski definition) is 1. The summed E-state index contributed by atoms with van der Waals surface area (Å²) in [5, 5.41) is 0. The molecule has 1 rings (SSSR count). The zero-order valence-corrected chi connectivity index (χ0v) is 9.42. The average Bonchev–Trinajstić information content (AvgIpc) is 2.41. The smallest absolute Gasteiger partial charge is 0.123 e. The Bertz CT molecular complexity index is 188. The molecule has 0 bridgehead atoms. The Morgan fingerprint density at radius 2 is 2.07 bits per heavy atom. The lowest BCUT2D eigenvalue weighted by Crippen LogP contribution is -2.35. The Balaban J connectivity index is 2.69. The summed E-state index contributed by atoms with van der Waals surface area (Å²) in [7, 11) is 5.59. The molecule has 1 aliphatic rings. The second-order valence-corrected chi connectivity index (χ2v) is 4.34. The molecule has 0 N–H and O–H groups in total. The van der Waals surface area contributed by atoms with Crippen molar-refractivity contribution in [3.63, 3.8) is 0 Å². The van der Waals surface area contributed by atoms with E-state index in [-0.39, 0.29) is 11.5 Å². The minimum absolute atomic E-state index is 0.0750. The Hall–Kier alpha value is -0.0451. The Kier molecular flexibility index (Phi) is 3.99. The van der Waals surface area contributed by atoms with Crippen LogP contribution in [0.5, 0.6) is 0 Å². The van der Waals surface area contributed by atoms with Gasteiger partial charge in [0, 0.05) is 11.9 Å². The van der Waals surface area contributed by atoms with Crippen molar-refractivity contribution in [3.05, 3.63) is 0 Å². The van der Waals surface area contributed by atoms with Gasteiger partial charge in [-0.2, -0.15) is 0 Å². The summed E-state index contributed by atoms with van der Waals surface area (Å²) in [6, 6.07) is -0.721. The highest BCUT2D eigenvalue weighted by Crippen LogP contribution is 2.42. The third-order valence-electron chi connectivity index (χ3n) is 3.54. The van der Waals surface area contributed by atoms with Gasteiger partial charge in [0.05, 0.1) is 5.60 Å². The zero-order chi connectivity index (χ0) is 10.8. The molecule has 0 spiro atoms. The minimum Gasteiger partial charge on any atom is -0.378 e. The highest BCUT2D eigenvalue weighted by Gasteiger charge is 2.49. The lowest BCUT2D eigenvalue weighted by atomic mass is 9.79. The van der Waals surface area contributed by atoms with Crippen LogP contribution < -0.4 is 0 Å². The summed E-state index contributed by atoms with van der Waals surface area (Å²) >= 11 is 0. The fourth-order valence-corrected chi connectivity index (χ4v) is 2.36. The maximum atomic E-state index is 13.6. The van der Waals surface area contributed by atoms with E-state index < -0.39 is 12.2 Å². The fraction of sp³-hybridized carbons (Fsp3) is 1.00. The number of halogens is 1. The molecule has 1 heterocycles. The molecule has 1 fully saturated rings. The Morgan fingerprint density at radius 1 is 1.43 bits per heavy atom. The van der Waals surface area contributed by atoms with E-state index in [1.54, 1.807) is 0 Å². The first kappa shape index (κ1) is 12.0. The first-order chi connectivity index (χ1) is 6.57. The van der Waals surface area contributed by atoms with Gasteiger partial charge in [-0.15, -0.1) is 0 Å². The van der Waals surface area contributed by atoms with Crippen molar-refractivity contribution in [1.82, 2.24) is 0 Å². The van der Waals surface area contributed by atoms with Crippen LogP contribution in [0.1, 0.15) is 46.5 Å². The van der Waals surface area contributed by atoms with Crippen molar-refractivity contribution in [2.24, 2.45) is 5.92 Å². The predicted molar refractivity (Wildman–Crippen MR) is 57.2 cm³/mol. The summed E-state index contributed by atoms with van der Waals surface area (Å²) in [6.45, 7) is 6.10. The second kappa shape index (κ2) is 4.65. The van der Waals surface area contributed by atoms with E-state index in [2.05, 4.69) is 13.8 Å². The molecule has 0 saturated carbocycles. The molecular weight excluding hydrogens is 178 g/mol. The van der Waals surface area contributed by atoms with Gasteiger partial charge in [-0.25, -0.2) is 4.39 Å². The molecule has 14 heavy (non-hydrogen) atoms. The zero-order valence-electron chi connectivity index (χ0n) is 9.42. The van der Waals surface area contributed by atoms with E-state index in [4.69, 9.17) is 12.6 Å². The van der Waals surface area contributed by atoms with Crippen LogP contribution in [0.2, 0.25) is 0 Å². The predicted octanol–water partition coefficient (Wildman–Crippen LogP) is 2.82. The van der Waals surface area contributed by atoms with Gasteiger partial charge in [0.25, 0.3) is 0 Å². The average molecular weight is 198 g/mol. The molecule has 0 aromatic heterocycles. The van der Waals surface area contributed by atoms with Gasteiger partial charge < -0.3 is 4.74 Å². The molecule has 1 unspecified atom stereocenters. The van der Waals surface area contributed by atoms with E-state index in [9.17, 15) is 4.39 Å². The highest BCUT2D eigenvalue weighted by atomic mass is 19.1. The molecule has 3 heteroatoms. The molecular formula is C11H20BFO. The standard InChI is InChI=1S/C11H20BFO/c1-4-6-7-11(5-2)8(3)9(13)10(12)14-11/h8-10H,4-7H2,1-3H3/t8-,9?,10-,11+/m1/s1. The number of alkyl halides is 1. The van der Waals surface area contributed by atoms with Crippen LogP contribution in [0.25, 0.3) is 0 Å². The normalized spacial score (nSPS) is 43.0. The topological polar surface area (TPSA) is 9.23 Å². The Morgan fingerprint density at radius 3 is 2.43 bits per heavy atom. The number of unbranched alkanes of at least 4 members (excludes halogenated alkanes) is 1. The molecule has 2 radical (unpaired) electrons. The number of rotatable bonds is 4. The number of hydrogen-bond donors (Lipinski definition) is 0. The minimum atomic E-state index is -1.01. The first-order valence-electron chi connectivity index (χ1n) is 5.65. The molecule has 80 valence electrons. The first-order valence-corrected chi connectivity index (χ1v) is 5.65. The van der Waals surface area contributed by atoms with Gasteiger partial charge in [-0.05, 0) is 12.8 Å². The largest absolute Gasteiger partial charge is 0.378 e. The molecule has 1 nitrogen and oxygen atoms in total. The molecule has 0 amide bonds. The van der Waals surface area contributed by atoms with Gasteiger partial charge in [-0.1, -0.05) is 33.6 Å². The van der Waals surface area contributed by atoms with Gasteiger partial charge in [0.15, 0.2) is 0 Å². The van der Waals surface area contributed by atoms with E-state index in [1.165, 1.54) is 0 Å².